The van der Waals surface area contributed by atoms with Gasteiger partial charge in [-0.2, -0.15) is 11.8 Å². The van der Waals surface area contributed by atoms with Crippen LogP contribution in [0.2, 0.25) is 0 Å². The van der Waals surface area contributed by atoms with Crippen molar-refractivity contribution in [3.8, 4) is 5.75 Å². The zero-order chi connectivity index (χ0) is 17.5. The second kappa shape index (κ2) is 9.43. The van der Waals surface area contributed by atoms with Gasteiger partial charge >= 0.3 is 0 Å². The van der Waals surface area contributed by atoms with Gasteiger partial charge in [0.25, 0.3) is 5.91 Å². The highest BCUT2D eigenvalue weighted by molar-refractivity contribution is 7.99. The largest absolute Gasteiger partial charge is 0.481 e. The number of thioether (sulfide) groups is 1. The molecule has 0 bridgehead atoms. The van der Waals surface area contributed by atoms with Crippen molar-refractivity contribution in [2.24, 2.45) is 0 Å². The maximum atomic E-state index is 13.7. The molecule has 6 heteroatoms. The summed E-state index contributed by atoms with van der Waals surface area (Å²) in [6.45, 7) is 3.88. The minimum Gasteiger partial charge on any atom is -0.481 e. The molecular weight excluding hydrogens is 339 g/mol. The third-order valence-electron chi connectivity index (χ3n) is 4.86. The Kier molecular flexibility index (Phi) is 6.99. The summed E-state index contributed by atoms with van der Waals surface area (Å²) in [6.07, 6.45) is 4.83. The summed E-state index contributed by atoms with van der Waals surface area (Å²) in [7, 11) is 0. The normalized spacial score (nSPS) is 22.4. The van der Waals surface area contributed by atoms with E-state index in [0.29, 0.717) is 0 Å². The summed E-state index contributed by atoms with van der Waals surface area (Å²) in [5, 5.41) is 0. The number of nitrogens with zero attached hydrogens (tertiary/aromatic N) is 2. The fraction of sp³-hybridized carbons (Fsp3) is 0.632. The number of carbonyl (C=O) groups is 1. The van der Waals surface area contributed by atoms with E-state index in [4.69, 9.17) is 4.74 Å². The number of halogens is 1. The lowest BCUT2D eigenvalue weighted by Gasteiger charge is -2.35. The Labute approximate surface area is 153 Å². The van der Waals surface area contributed by atoms with Crippen molar-refractivity contribution < 1.29 is 13.9 Å². The molecule has 2 heterocycles. The SMILES string of the molecule is O=C(COc1ccccc1F)N1CCCSCC1CN1CCCCC1. The first-order valence-electron chi connectivity index (χ1n) is 9.21. The Morgan fingerprint density at radius 3 is 2.76 bits per heavy atom. The molecule has 1 aromatic carbocycles. The van der Waals surface area contributed by atoms with Gasteiger partial charge in [-0.1, -0.05) is 18.6 Å². The van der Waals surface area contributed by atoms with Crippen LogP contribution in [-0.4, -0.2) is 66.0 Å². The number of hydrogen-bond acceptors (Lipinski definition) is 4. The smallest absolute Gasteiger partial charge is 0.260 e. The Hall–Kier alpha value is -1.27. The zero-order valence-electron chi connectivity index (χ0n) is 14.7. The number of piperidine rings is 1. The molecule has 2 aliphatic heterocycles. The van der Waals surface area contributed by atoms with Gasteiger partial charge in [-0.25, -0.2) is 4.39 Å². The standard InChI is InChI=1S/C19H27FN2O2S/c20-17-7-2-3-8-18(17)24-14-19(23)22-11-6-12-25-15-16(22)13-21-9-4-1-5-10-21/h2-3,7-8,16H,1,4-6,9-15H2. The average Bonchev–Trinajstić information content (AvgIpc) is 2.87. The van der Waals surface area contributed by atoms with Crippen molar-refractivity contribution >= 4 is 17.7 Å². The van der Waals surface area contributed by atoms with Crippen LogP contribution in [0.3, 0.4) is 0 Å². The molecular formula is C19H27FN2O2S. The first kappa shape index (κ1) is 18.5. The minimum absolute atomic E-state index is 0.0345. The van der Waals surface area contributed by atoms with Crippen molar-refractivity contribution in [2.75, 3.05) is 44.3 Å². The Bertz CT molecular complexity index is 566. The molecule has 0 N–H and O–H groups in total. The highest BCUT2D eigenvalue weighted by Crippen LogP contribution is 2.20. The highest BCUT2D eigenvalue weighted by atomic mass is 32.2. The van der Waals surface area contributed by atoms with Gasteiger partial charge in [-0.3, -0.25) is 4.79 Å². The number of amides is 1. The van der Waals surface area contributed by atoms with Crippen LogP contribution < -0.4 is 4.74 Å². The molecule has 4 nitrogen and oxygen atoms in total. The van der Waals surface area contributed by atoms with Gasteiger partial charge in [-0.05, 0) is 50.2 Å². The second-order valence-corrected chi connectivity index (χ2v) is 7.90. The number of benzene rings is 1. The van der Waals surface area contributed by atoms with E-state index in [-0.39, 0.29) is 24.3 Å². The maximum absolute atomic E-state index is 13.7. The number of hydrogen-bond donors (Lipinski definition) is 0. The summed E-state index contributed by atoms with van der Waals surface area (Å²) >= 11 is 1.93. The summed E-state index contributed by atoms with van der Waals surface area (Å²) in [6, 6.07) is 6.46. The summed E-state index contributed by atoms with van der Waals surface area (Å²) < 4.78 is 19.1. The lowest BCUT2D eigenvalue weighted by Crippen LogP contribution is -2.50. The van der Waals surface area contributed by atoms with Gasteiger partial charge in [0.05, 0.1) is 6.04 Å². The van der Waals surface area contributed by atoms with Gasteiger partial charge in [0.15, 0.2) is 18.2 Å². The van der Waals surface area contributed by atoms with Gasteiger partial charge in [0.1, 0.15) is 0 Å². The molecule has 25 heavy (non-hydrogen) atoms. The molecule has 0 saturated carbocycles. The molecule has 1 aromatic rings. The van der Waals surface area contributed by atoms with Crippen LogP contribution in [0.25, 0.3) is 0 Å². The third-order valence-corrected chi connectivity index (χ3v) is 6.06. The van der Waals surface area contributed by atoms with Crippen LogP contribution in [0.1, 0.15) is 25.7 Å². The predicted molar refractivity (Wildman–Crippen MR) is 99.6 cm³/mol. The number of ether oxygens (including phenoxy) is 1. The molecule has 1 unspecified atom stereocenters. The lowest BCUT2D eigenvalue weighted by atomic mass is 10.1. The highest BCUT2D eigenvalue weighted by Gasteiger charge is 2.28. The molecule has 2 fully saturated rings. The van der Waals surface area contributed by atoms with Crippen LogP contribution in [-0.2, 0) is 4.79 Å². The van der Waals surface area contributed by atoms with Crippen molar-refractivity contribution in [1.82, 2.24) is 9.80 Å². The van der Waals surface area contributed by atoms with E-state index in [1.54, 1.807) is 18.2 Å². The topological polar surface area (TPSA) is 32.8 Å². The molecule has 0 aromatic heterocycles. The first-order valence-corrected chi connectivity index (χ1v) is 10.4. The molecule has 138 valence electrons. The summed E-state index contributed by atoms with van der Waals surface area (Å²) in [4.78, 5) is 17.2. The van der Waals surface area contributed by atoms with E-state index in [1.807, 2.05) is 16.7 Å². The van der Waals surface area contributed by atoms with Crippen LogP contribution in [0, 0.1) is 5.82 Å². The molecule has 3 rings (SSSR count). The Balaban J connectivity index is 1.59. The molecule has 2 saturated heterocycles. The maximum Gasteiger partial charge on any atom is 0.260 e. The summed E-state index contributed by atoms with van der Waals surface area (Å²) in [5.74, 6) is 1.75. The number of para-hydroxylation sites is 1. The number of carbonyl (C=O) groups excluding carboxylic acids is 1. The van der Waals surface area contributed by atoms with Crippen molar-refractivity contribution in [3.05, 3.63) is 30.1 Å². The lowest BCUT2D eigenvalue weighted by molar-refractivity contribution is -0.135. The van der Waals surface area contributed by atoms with E-state index in [9.17, 15) is 9.18 Å². The Morgan fingerprint density at radius 2 is 1.96 bits per heavy atom. The van der Waals surface area contributed by atoms with Crippen LogP contribution in [0.4, 0.5) is 4.39 Å². The monoisotopic (exact) mass is 366 g/mol. The first-order chi connectivity index (χ1) is 12.2. The van der Waals surface area contributed by atoms with Crippen molar-refractivity contribution in [1.29, 1.82) is 0 Å². The van der Waals surface area contributed by atoms with E-state index in [1.165, 1.54) is 25.3 Å². The van der Waals surface area contributed by atoms with Crippen LogP contribution in [0.5, 0.6) is 5.75 Å². The molecule has 0 spiro atoms. The zero-order valence-corrected chi connectivity index (χ0v) is 15.5. The third kappa shape index (κ3) is 5.35. The van der Waals surface area contributed by atoms with E-state index < -0.39 is 5.82 Å². The molecule has 0 radical (unpaired) electrons. The quantitative estimate of drug-likeness (QED) is 0.802. The molecule has 1 atom stereocenters. The van der Waals surface area contributed by atoms with Gasteiger partial charge in [-0.15, -0.1) is 0 Å². The van der Waals surface area contributed by atoms with Crippen LogP contribution >= 0.6 is 11.8 Å². The van der Waals surface area contributed by atoms with E-state index in [2.05, 4.69) is 4.90 Å². The fourth-order valence-corrected chi connectivity index (χ4v) is 4.59. The Morgan fingerprint density at radius 1 is 1.16 bits per heavy atom. The number of likely N-dealkylation sites (tertiary alicyclic amines) is 1. The minimum atomic E-state index is -0.424. The van der Waals surface area contributed by atoms with Crippen molar-refractivity contribution in [2.45, 2.75) is 31.7 Å². The van der Waals surface area contributed by atoms with Crippen LogP contribution in [0.15, 0.2) is 24.3 Å². The fourth-order valence-electron chi connectivity index (χ4n) is 3.53. The molecule has 0 aliphatic carbocycles. The summed E-state index contributed by atoms with van der Waals surface area (Å²) in [5.41, 5.74) is 0. The average molecular weight is 367 g/mol. The van der Waals surface area contributed by atoms with Gasteiger partial charge in [0.2, 0.25) is 0 Å². The predicted octanol–water partition coefficient (Wildman–Crippen LogP) is 3.02. The van der Waals surface area contributed by atoms with Gasteiger partial charge in [0, 0.05) is 18.8 Å². The second-order valence-electron chi connectivity index (χ2n) is 6.75. The number of rotatable bonds is 5. The van der Waals surface area contributed by atoms with E-state index in [0.717, 1.165) is 44.1 Å². The molecule has 1 amide bonds. The van der Waals surface area contributed by atoms with E-state index >= 15 is 0 Å². The van der Waals surface area contributed by atoms with Gasteiger partial charge < -0.3 is 14.5 Å². The molecule has 2 aliphatic rings. The van der Waals surface area contributed by atoms with Crippen molar-refractivity contribution in [3.63, 3.8) is 0 Å².